The molecule has 0 aromatic heterocycles. The van der Waals surface area contributed by atoms with Crippen molar-refractivity contribution in [3.05, 3.63) is 35.9 Å². The van der Waals surface area contributed by atoms with Crippen molar-refractivity contribution < 1.29 is 19.0 Å². The molecular weight excluding hydrogens is 366 g/mol. The molecule has 1 fully saturated rings. The molecule has 0 bridgehead atoms. The van der Waals surface area contributed by atoms with Gasteiger partial charge >= 0.3 is 6.09 Å². The second kappa shape index (κ2) is 14.4. The molecule has 1 N–H and O–H groups in total. The van der Waals surface area contributed by atoms with E-state index in [1.807, 2.05) is 30.3 Å². The Labute approximate surface area is 176 Å². The number of carbonyl (C=O) groups is 1. The van der Waals surface area contributed by atoms with Crippen molar-refractivity contribution in [2.75, 3.05) is 13.7 Å². The lowest BCUT2D eigenvalue weighted by molar-refractivity contribution is -0.0817. The Morgan fingerprint density at radius 2 is 1.62 bits per heavy atom. The normalized spacial score (nSPS) is 21.2. The number of carbonyl (C=O) groups excluding carboxylic acids is 1. The smallest absolute Gasteiger partial charge is 0.407 e. The zero-order valence-corrected chi connectivity index (χ0v) is 18.2. The third-order valence-corrected chi connectivity index (χ3v) is 5.61. The molecule has 1 amide bonds. The summed E-state index contributed by atoms with van der Waals surface area (Å²) < 4.78 is 17.2. The van der Waals surface area contributed by atoms with E-state index in [4.69, 9.17) is 14.2 Å². The van der Waals surface area contributed by atoms with Crippen LogP contribution in [0.5, 0.6) is 0 Å². The van der Waals surface area contributed by atoms with Crippen LogP contribution in [0.1, 0.15) is 76.7 Å². The fourth-order valence-electron chi connectivity index (χ4n) is 3.91. The zero-order valence-electron chi connectivity index (χ0n) is 18.2. The largest absolute Gasteiger partial charge is 0.443 e. The van der Waals surface area contributed by atoms with E-state index in [9.17, 15) is 4.79 Å². The number of nitrogens with one attached hydrogen (secondary N) is 1. The van der Waals surface area contributed by atoms with Gasteiger partial charge in [-0.3, -0.25) is 0 Å². The monoisotopic (exact) mass is 405 g/mol. The molecule has 0 spiro atoms. The van der Waals surface area contributed by atoms with Crippen LogP contribution in [0.15, 0.2) is 30.3 Å². The minimum atomic E-state index is -0.344. The average molecular weight is 406 g/mol. The van der Waals surface area contributed by atoms with E-state index in [1.54, 1.807) is 7.11 Å². The molecule has 1 aromatic carbocycles. The average Bonchev–Trinajstić information content (AvgIpc) is 3.13. The summed E-state index contributed by atoms with van der Waals surface area (Å²) in [5, 5.41) is 2.88. The van der Waals surface area contributed by atoms with E-state index in [0.29, 0.717) is 13.2 Å². The van der Waals surface area contributed by atoms with Gasteiger partial charge in [-0.2, -0.15) is 0 Å². The Hall–Kier alpha value is -1.59. The molecule has 0 aliphatic heterocycles. The van der Waals surface area contributed by atoms with Gasteiger partial charge in [-0.1, -0.05) is 82.2 Å². The lowest BCUT2D eigenvalue weighted by Crippen LogP contribution is -2.38. The highest BCUT2D eigenvalue weighted by atomic mass is 16.6. The van der Waals surface area contributed by atoms with E-state index in [1.165, 1.54) is 38.5 Å². The Bertz CT molecular complexity index is 551. The number of hydrogen-bond donors (Lipinski definition) is 1. The summed E-state index contributed by atoms with van der Waals surface area (Å²) in [6, 6.07) is 10.1. The van der Waals surface area contributed by atoms with Gasteiger partial charge in [-0.15, -0.1) is 0 Å². The van der Waals surface area contributed by atoms with E-state index in [-0.39, 0.29) is 24.4 Å². The molecule has 1 aliphatic rings. The van der Waals surface area contributed by atoms with Crippen molar-refractivity contribution >= 4 is 6.09 Å². The lowest BCUT2D eigenvalue weighted by atomic mass is 10.1. The van der Waals surface area contributed by atoms with Crippen molar-refractivity contribution in [1.29, 1.82) is 0 Å². The van der Waals surface area contributed by atoms with Crippen LogP contribution < -0.4 is 5.32 Å². The van der Waals surface area contributed by atoms with E-state index in [2.05, 4.69) is 12.2 Å². The highest BCUT2D eigenvalue weighted by molar-refractivity contribution is 5.67. The van der Waals surface area contributed by atoms with Crippen molar-refractivity contribution in [2.24, 2.45) is 0 Å². The van der Waals surface area contributed by atoms with Crippen molar-refractivity contribution in [3.8, 4) is 0 Å². The molecule has 5 nitrogen and oxygen atoms in total. The van der Waals surface area contributed by atoms with Crippen molar-refractivity contribution in [1.82, 2.24) is 5.32 Å². The minimum Gasteiger partial charge on any atom is -0.443 e. The van der Waals surface area contributed by atoms with Crippen LogP contribution in [0.4, 0.5) is 4.79 Å². The maximum absolute atomic E-state index is 12.1. The molecular formula is C24H39NO4. The second-order valence-electron chi connectivity index (χ2n) is 7.96. The fraction of sp³-hybridized carbons (Fsp3) is 0.708. The van der Waals surface area contributed by atoms with Gasteiger partial charge in [0, 0.05) is 13.7 Å². The summed E-state index contributed by atoms with van der Waals surface area (Å²) in [7, 11) is 1.66. The van der Waals surface area contributed by atoms with Gasteiger partial charge < -0.3 is 19.5 Å². The van der Waals surface area contributed by atoms with Crippen LogP contribution in [0.3, 0.4) is 0 Å². The highest BCUT2D eigenvalue weighted by Crippen LogP contribution is 2.28. The topological polar surface area (TPSA) is 56.8 Å². The zero-order chi connectivity index (χ0) is 20.7. The summed E-state index contributed by atoms with van der Waals surface area (Å²) in [5.41, 5.74) is 1.13. The van der Waals surface area contributed by atoms with Gasteiger partial charge in [-0.05, 0) is 24.8 Å². The van der Waals surface area contributed by atoms with Crippen LogP contribution in [0.2, 0.25) is 0 Å². The van der Waals surface area contributed by atoms with Gasteiger partial charge in [-0.25, -0.2) is 4.79 Å². The van der Waals surface area contributed by atoms with Crippen LogP contribution >= 0.6 is 0 Å². The van der Waals surface area contributed by atoms with Crippen LogP contribution in [0, 0.1) is 0 Å². The van der Waals surface area contributed by atoms with Crippen molar-refractivity contribution in [3.63, 3.8) is 0 Å². The van der Waals surface area contributed by atoms with E-state index < -0.39 is 0 Å². The molecule has 0 unspecified atom stereocenters. The molecule has 1 aliphatic carbocycles. The first-order valence-electron chi connectivity index (χ1n) is 11.4. The summed E-state index contributed by atoms with van der Waals surface area (Å²) in [5.74, 6) is 0. The van der Waals surface area contributed by atoms with E-state index >= 15 is 0 Å². The quantitative estimate of drug-likeness (QED) is 0.408. The standard InChI is InChI=1S/C24H39NO4/c1-3-4-5-6-7-8-9-13-18-25-24(26)29-22-17-16-21(23(22)27-2)28-19-20-14-11-10-12-15-20/h10-12,14-15,21-23H,3-9,13,16-19H2,1-2H3,(H,25,26)/t21-,22+,23+/m1/s1. The molecule has 3 atom stereocenters. The first-order valence-corrected chi connectivity index (χ1v) is 11.4. The maximum atomic E-state index is 12.1. The van der Waals surface area contributed by atoms with Crippen molar-refractivity contribution in [2.45, 2.75) is 96.1 Å². The highest BCUT2D eigenvalue weighted by Gasteiger charge is 2.39. The summed E-state index contributed by atoms with van der Waals surface area (Å²) in [6.45, 7) is 3.46. The van der Waals surface area contributed by atoms with Gasteiger partial charge in [0.2, 0.25) is 0 Å². The molecule has 164 valence electrons. The van der Waals surface area contributed by atoms with Crippen LogP contribution in [-0.2, 0) is 20.8 Å². The van der Waals surface area contributed by atoms with Gasteiger partial charge in [0.25, 0.3) is 0 Å². The Morgan fingerprint density at radius 1 is 0.966 bits per heavy atom. The number of alkyl carbamates (subject to hydrolysis) is 1. The number of methoxy groups -OCH3 is 1. The molecule has 2 rings (SSSR count). The number of ether oxygens (including phenoxy) is 3. The first kappa shape index (κ1) is 23.7. The fourth-order valence-corrected chi connectivity index (χ4v) is 3.91. The molecule has 0 saturated heterocycles. The Morgan fingerprint density at radius 3 is 2.31 bits per heavy atom. The summed E-state index contributed by atoms with van der Waals surface area (Å²) >= 11 is 0. The molecule has 1 saturated carbocycles. The maximum Gasteiger partial charge on any atom is 0.407 e. The van der Waals surface area contributed by atoms with Gasteiger partial charge in [0.05, 0.1) is 12.7 Å². The number of amides is 1. The second-order valence-corrected chi connectivity index (χ2v) is 7.96. The number of benzene rings is 1. The minimum absolute atomic E-state index is 0.0503. The van der Waals surface area contributed by atoms with Crippen LogP contribution in [-0.4, -0.2) is 38.1 Å². The Balaban J connectivity index is 1.58. The molecule has 5 heteroatoms. The molecule has 0 heterocycles. The number of hydrogen-bond acceptors (Lipinski definition) is 4. The third kappa shape index (κ3) is 9.18. The van der Waals surface area contributed by atoms with E-state index in [0.717, 1.165) is 31.2 Å². The third-order valence-electron chi connectivity index (χ3n) is 5.61. The predicted octanol–water partition coefficient (Wildman–Crippen LogP) is 5.62. The Kier molecular flexibility index (Phi) is 11.8. The first-order chi connectivity index (χ1) is 14.2. The number of unbranched alkanes of at least 4 members (excludes halogenated alkanes) is 7. The molecule has 29 heavy (non-hydrogen) atoms. The molecule has 1 aromatic rings. The van der Waals surface area contributed by atoms with Crippen LogP contribution in [0.25, 0.3) is 0 Å². The molecule has 0 radical (unpaired) electrons. The van der Waals surface area contributed by atoms with Gasteiger partial charge in [0.1, 0.15) is 12.2 Å². The lowest BCUT2D eigenvalue weighted by Gasteiger charge is -2.23. The summed E-state index contributed by atoms with van der Waals surface area (Å²) in [4.78, 5) is 12.1. The predicted molar refractivity (Wildman–Crippen MR) is 116 cm³/mol. The summed E-state index contributed by atoms with van der Waals surface area (Å²) in [6.07, 6.45) is 10.8. The number of rotatable bonds is 14. The SMILES string of the molecule is CCCCCCCCCCNC(=O)O[C@H]1CC[C@@H](OCc2ccccc2)[C@@H]1OC. The van der Waals surface area contributed by atoms with Gasteiger partial charge in [0.15, 0.2) is 0 Å².